The summed E-state index contributed by atoms with van der Waals surface area (Å²) in [4.78, 5) is 0.731. The number of benzene rings is 2. The number of rotatable bonds is 7. The van der Waals surface area contributed by atoms with E-state index in [-0.39, 0.29) is 6.04 Å². The molecule has 0 bridgehead atoms. The number of para-hydroxylation sites is 1. The fourth-order valence-corrected chi connectivity index (χ4v) is 4.55. The summed E-state index contributed by atoms with van der Waals surface area (Å²) in [6.07, 6.45) is 0. The third-order valence-corrected chi connectivity index (χ3v) is 6.00. The Balaban J connectivity index is 1.90. The second kappa shape index (κ2) is 8.97. The second-order valence-corrected chi connectivity index (χ2v) is 7.90. The monoisotopic (exact) mass is 394 g/mol. The lowest BCUT2D eigenvalue weighted by molar-refractivity contribution is 0.0714. The van der Waals surface area contributed by atoms with Crippen molar-refractivity contribution in [3.63, 3.8) is 0 Å². The van der Waals surface area contributed by atoms with E-state index in [1.54, 1.807) is 17.5 Å². The molecule has 1 aliphatic heterocycles. The van der Waals surface area contributed by atoms with E-state index in [0.717, 1.165) is 21.7 Å². The largest absolute Gasteiger partial charge is 0.382 e. The third kappa shape index (κ3) is 4.10. The molecule has 0 saturated carbocycles. The first kappa shape index (κ1) is 19.3. The van der Waals surface area contributed by atoms with Crippen molar-refractivity contribution >= 4 is 28.3 Å². The van der Waals surface area contributed by atoms with Gasteiger partial charge in [0.05, 0.1) is 36.4 Å². The molecule has 5 nitrogen and oxygen atoms in total. The Morgan fingerprint density at radius 2 is 1.96 bits per heavy atom. The van der Waals surface area contributed by atoms with Crippen LogP contribution < -0.4 is 9.62 Å². The van der Waals surface area contributed by atoms with Gasteiger partial charge in [-0.3, -0.25) is 4.31 Å². The Kier molecular flexibility index (Phi) is 6.67. The first-order chi connectivity index (χ1) is 12.6. The zero-order chi connectivity index (χ0) is 18.5. The van der Waals surface area contributed by atoms with Gasteiger partial charge in [-0.2, -0.15) is 0 Å². The fraction of sp³-hybridized carbons (Fsp3) is 0.368. The van der Waals surface area contributed by atoms with E-state index in [4.69, 9.17) is 21.1 Å². The van der Waals surface area contributed by atoms with Gasteiger partial charge in [-0.05, 0) is 29.3 Å². The highest BCUT2D eigenvalue weighted by atomic mass is 35.5. The summed E-state index contributed by atoms with van der Waals surface area (Å²) in [5.74, 6) is 0. The van der Waals surface area contributed by atoms with Gasteiger partial charge < -0.3 is 14.8 Å². The number of ether oxygens (including phenoxy) is 2. The van der Waals surface area contributed by atoms with Crippen molar-refractivity contribution in [2.45, 2.75) is 10.9 Å². The van der Waals surface area contributed by atoms with E-state index >= 15 is 0 Å². The maximum absolute atomic E-state index is 13.1. The highest BCUT2D eigenvalue weighted by Crippen LogP contribution is 2.39. The number of halogens is 1. The molecule has 0 aliphatic carbocycles. The van der Waals surface area contributed by atoms with Crippen LogP contribution in [0.15, 0.2) is 47.4 Å². The van der Waals surface area contributed by atoms with Crippen LogP contribution in [0.5, 0.6) is 0 Å². The third-order valence-electron chi connectivity index (χ3n) is 4.34. The van der Waals surface area contributed by atoms with Crippen molar-refractivity contribution in [2.24, 2.45) is 0 Å². The van der Waals surface area contributed by atoms with Crippen LogP contribution in [0.25, 0.3) is 0 Å². The van der Waals surface area contributed by atoms with Gasteiger partial charge in [0.1, 0.15) is 0 Å². The SMILES string of the molecule is COCCOCCNC1c2ccccc2N(C)S(=O)c2cc(Cl)ccc21. The Labute approximate surface area is 161 Å². The molecule has 2 atom stereocenters. The molecule has 0 fully saturated rings. The summed E-state index contributed by atoms with van der Waals surface area (Å²) < 4.78 is 25.4. The number of nitrogens with one attached hydrogen (secondary N) is 1. The van der Waals surface area contributed by atoms with Gasteiger partial charge >= 0.3 is 0 Å². The van der Waals surface area contributed by atoms with E-state index < -0.39 is 11.0 Å². The molecule has 2 aromatic carbocycles. The van der Waals surface area contributed by atoms with Crippen LogP contribution in [-0.2, 0) is 20.5 Å². The fourth-order valence-electron chi connectivity index (χ4n) is 3.06. The van der Waals surface area contributed by atoms with Crippen molar-refractivity contribution < 1.29 is 13.7 Å². The van der Waals surface area contributed by atoms with Crippen molar-refractivity contribution in [1.29, 1.82) is 0 Å². The Morgan fingerprint density at radius 3 is 2.77 bits per heavy atom. The van der Waals surface area contributed by atoms with E-state index in [1.165, 1.54) is 0 Å². The first-order valence-corrected chi connectivity index (χ1v) is 9.96. The molecule has 0 spiro atoms. The van der Waals surface area contributed by atoms with Gasteiger partial charge in [0, 0.05) is 25.7 Å². The molecule has 1 aliphatic rings. The summed E-state index contributed by atoms with van der Waals surface area (Å²) in [5, 5.41) is 4.12. The molecule has 2 aromatic rings. The molecule has 26 heavy (non-hydrogen) atoms. The highest BCUT2D eigenvalue weighted by Gasteiger charge is 2.29. The molecule has 1 N–H and O–H groups in total. The minimum absolute atomic E-state index is 0.0848. The molecule has 3 rings (SSSR count). The van der Waals surface area contributed by atoms with Gasteiger partial charge in [0.25, 0.3) is 0 Å². The van der Waals surface area contributed by atoms with Gasteiger partial charge in [-0.1, -0.05) is 35.9 Å². The smallest absolute Gasteiger partial charge is 0.153 e. The average molecular weight is 395 g/mol. The quantitative estimate of drug-likeness (QED) is 0.733. The van der Waals surface area contributed by atoms with Gasteiger partial charge in [-0.25, -0.2) is 4.21 Å². The lowest BCUT2D eigenvalue weighted by Crippen LogP contribution is -2.27. The summed E-state index contributed by atoms with van der Waals surface area (Å²) in [6, 6.07) is 13.5. The van der Waals surface area contributed by atoms with Crippen molar-refractivity contribution in [1.82, 2.24) is 5.32 Å². The lowest BCUT2D eigenvalue weighted by Gasteiger charge is -2.22. The van der Waals surface area contributed by atoms with E-state index in [1.807, 2.05) is 37.4 Å². The van der Waals surface area contributed by atoms with Crippen molar-refractivity contribution in [3.05, 3.63) is 58.6 Å². The van der Waals surface area contributed by atoms with Crippen LogP contribution >= 0.6 is 11.6 Å². The molecule has 2 unspecified atom stereocenters. The van der Waals surface area contributed by atoms with E-state index in [0.29, 0.717) is 31.4 Å². The maximum Gasteiger partial charge on any atom is 0.153 e. The summed E-state index contributed by atoms with van der Waals surface area (Å²) in [7, 11) is 2.18. The van der Waals surface area contributed by atoms with E-state index in [2.05, 4.69) is 11.4 Å². The first-order valence-electron chi connectivity index (χ1n) is 8.47. The molecule has 1 heterocycles. The van der Waals surface area contributed by atoms with Crippen LogP contribution in [0, 0.1) is 0 Å². The number of nitrogens with zero attached hydrogens (tertiary/aromatic N) is 1. The summed E-state index contributed by atoms with van der Waals surface area (Å²) in [6.45, 7) is 2.39. The zero-order valence-electron chi connectivity index (χ0n) is 14.9. The van der Waals surface area contributed by atoms with Crippen molar-refractivity contribution in [2.75, 3.05) is 44.8 Å². The Bertz CT molecular complexity index is 787. The molecule has 140 valence electrons. The van der Waals surface area contributed by atoms with Gasteiger partial charge in [-0.15, -0.1) is 0 Å². The number of anilines is 1. The highest BCUT2D eigenvalue weighted by molar-refractivity contribution is 7.86. The van der Waals surface area contributed by atoms with Crippen molar-refractivity contribution in [3.8, 4) is 0 Å². The molecule has 7 heteroatoms. The molecule has 0 aromatic heterocycles. The second-order valence-electron chi connectivity index (χ2n) is 5.98. The summed E-state index contributed by atoms with van der Waals surface area (Å²) in [5.41, 5.74) is 3.00. The zero-order valence-corrected chi connectivity index (χ0v) is 16.5. The van der Waals surface area contributed by atoms with Crippen LogP contribution in [0.2, 0.25) is 5.02 Å². The normalized spacial score (nSPS) is 19.0. The van der Waals surface area contributed by atoms with Crippen LogP contribution in [0.4, 0.5) is 5.69 Å². The molecule has 0 saturated heterocycles. The van der Waals surface area contributed by atoms with E-state index in [9.17, 15) is 4.21 Å². The summed E-state index contributed by atoms with van der Waals surface area (Å²) >= 11 is 6.17. The van der Waals surface area contributed by atoms with Crippen LogP contribution in [-0.4, -0.2) is 44.7 Å². The minimum atomic E-state index is -1.32. The Hall–Kier alpha value is -1.44. The molecule has 0 amide bonds. The maximum atomic E-state index is 13.1. The van der Waals surface area contributed by atoms with Crippen LogP contribution in [0.1, 0.15) is 17.2 Å². The van der Waals surface area contributed by atoms with Crippen LogP contribution in [0.3, 0.4) is 0 Å². The van der Waals surface area contributed by atoms with Gasteiger partial charge in [0.2, 0.25) is 0 Å². The molecular weight excluding hydrogens is 372 g/mol. The predicted octanol–water partition coefficient (Wildman–Crippen LogP) is 3.15. The van der Waals surface area contributed by atoms with Gasteiger partial charge in [0.15, 0.2) is 11.0 Å². The lowest BCUT2D eigenvalue weighted by atomic mass is 9.97. The molecular formula is C19H23ClN2O3S. The molecule has 0 radical (unpaired) electrons. The minimum Gasteiger partial charge on any atom is -0.382 e. The standard InChI is InChI=1S/C19H23ClN2O3S/c1-22-17-6-4-3-5-15(17)19(21-9-10-25-12-11-24-2)16-8-7-14(20)13-18(16)26(22)23/h3-8,13,19,21H,9-12H2,1-2H3. The number of methoxy groups -OCH3 is 1. The number of fused-ring (bicyclic) bond motifs is 2. The number of hydrogen-bond donors (Lipinski definition) is 1. The Morgan fingerprint density at radius 1 is 1.15 bits per heavy atom. The topological polar surface area (TPSA) is 50.8 Å². The predicted molar refractivity (Wildman–Crippen MR) is 105 cm³/mol. The average Bonchev–Trinajstić information content (AvgIpc) is 2.74. The number of hydrogen-bond acceptors (Lipinski definition) is 4.